The molecule has 0 bridgehead atoms. The summed E-state index contributed by atoms with van der Waals surface area (Å²) in [6, 6.07) is 5.47. The molecule has 0 spiro atoms. The zero-order valence-corrected chi connectivity index (χ0v) is 9.87. The number of rotatable bonds is 1. The lowest BCUT2D eigenvalue weighted by atomic mass is 10.0. The average molecular weight is 240 g/mol. The summed E-state index contributed by atoms with van der Waals surface area (Å²) in [5.41, 5.74) is 1.68. The normalized spacial score (nSPS) is 21.3. The number of carbonyl (C=O) groups is 1. The molecule has 0 aromatic heterocycles. The Labute approximate surface area is 99.6 Å². The number of amides is 1. The van der Waals surface area contributed by atoms with Crippen molar-refractivity contribution < 1.29 is 9.90 Å². The third kappa shape index (κ3) is 1.93. The summed E-state index contributed by atoms with van der Waals surface area (Å²) in [7, 11) is 0. The van der Waals surface area contributed by atoms with Crippen LogP contribution in [0.4, 0.5) is 5.69 Å². The fraction of sp³-hybridized carbons (Fsp3) is 0.417. The maximum Gasteiger partial charge on any atom is 0.255 e. The van der Waals surface area contributed by atoms with Gasteiger partial charge < -0.3 is 10.0 Å². The van der Waals surface area contributed by atoms with Gasteiger partial charge in [-0.05, 0) is 37.5 Å². The van der Waals surface area contributed by atoms with Crippen molar-refractivity contribution in [3.63, 3.8) is 0 Å². The fourth-order valence-corrected chi connectivity index (χ4v) is 2.15. The molecule has 1 heterocycles. The van der Waals surface area contributed by atoms with E-state index in [0.717, 1.165) is 17.7 Å². The van der Waals surface area contributed by atoms with Crippen molar-refractivity contribution in [2.24, 2.45) is 0 Å². The highest BCUT2D eigenvalue weighted by Crippen LogP contribution is 2.29. The van der Waals surface area contributed by atoms with Gasteiger partial charge in [0.2, 0.25) is 0 Å². The van der Waals surface area contributed by atoms with Crippen LogP contribution in [0.1, 0.15) is 18.4 Å². The van der Waals surface area contributed by atoms with Crippen molar-refractivity contribution >= 4 is 23.2 Å². The van der Waals surface area contributed by atoms with E-state index in [2.05, 4.69) is 0 Å². The standard InChI is InChI=1S/C12H14ClNO2/c1-8-9(13)4-2-5-10(8)14-7-3-6-11(15)12(14)16/h2,4-5,11,15H,3,6-7H2,1H3. The van der Waals surface area contributed by atoms with Crippen molar-refractivity contribution in [2.75, 3.05) is 11.4 Å². The van der Waals surface area contributed by atoms with Gasteiger partial charge in [0, 0.05) is 17.3 Å². The number of aliphatic hydroxyl groups excluding tert-OH is 1. The van der Waals surface area contributed by atoms with Crippen molar-refractivity contribution in [3.8, 4) is 0 Å². The van der Waals surface area contributed by atoms with Crippen LogP contribution in [-0.2, 0) is 4.79 Å². The molecule has 4 heteroatoms. The molecule has 1 aliphatic rings. The van der Waals surface area contributed by atoms with E-state index in [1.54, 1.807) is 11.0 Å². The predicted octanol–water partition coefficient (Wildman–Crippen LogP) is 2.14. The Morgan fingerprint density at radius 3 is 3.00 bits per heavy atom. The van der Waals surface area contributed by atoms with Crippen LogP contribution in [-0.4, -0.2) is 23.7 Å². The topological polar surface area (TPSA) is 40.5 Å². The smallest absolute Gasteiger partial charge is 0.255 e. The molecular formula is C12H14ClNO2. The molecule has 1 aliphatic heterocycles. The van der Waals surface area contributed by atoms with Gasteiger partial charge in [-0.1, -0.05) is 17.7 Å². The summed E-state index contributed by atoms with van der Waals surface area (Å²) in [6.07, 6.45) is 0.500. The number of hydrogen-bond donors (Lipinski definition) is 1. The fourth-order valence-electron chi connectivity index (χ4n) is 1.98. The largest absolute Gasteiger partial charge is 0.383 e. The van der Waals surface area contributed by atoms with E-state index in [1.807, 2.05) is 19.1 Å². The summed E-state index contributed by atoms with van der Waals surface area (Å²) in [4.78, 5) is 13.4. The molecule has 1 amide bonds. The first-order chi connectivity index (χ1) is 7.61. The zero-order valence-electron chi connectivity index (χ0n) is 9.11. The van der Waals surface area contributed by atoms with Crippen LogP contribution >= 0.6 is 11.6 Å². The Morgan fingerprint density at radius 1 is 1.50 bits per heavy atom. The SMILES string of the molecule is Cc1c(Cl)cccc1N1CCCC(O)C1=O. The van der Waals surface area contributed by atoms with Gasteiger partial charge in [-0.2, -0.15) is 0 Å². The molecule has 16 heavy (non-hydrogen) atoms. The van der Waals surface area contributed by atoms with E-state index in [0.29, 0.717) is 18.0 Å². The Morgan fingerprint density at radius 2 is 2.25 bits per heavy atom. The predicted molar refractivity (Wildman–Crippen MR) is 63.8 cm³/mol. The van der Waals surface area contributed by atoms with Crippen LogP contribution < -0.4 is 4.90 Å². The highest BCUT2D eigenvalue weighted by Gasteiger charge is 2.28. The van der Waals surface area contributed by atoms with Crippen LogP contribution in [0.3, 0.4) is 0 Å². The molecule has 1 aromatic rings. The molecule has 1 atom stereocenters. The van der Waals surface area contributed by atoms with Crippen LogP contribution in [0.2, 0.25) is 5.02 Å². The van der Waals surface area contributed by atoms with Gasteiger partial charge in [-0.15, -0.1) is 0 Å². The van der Waals surface area contributed by atoms with Gasteiger partial charge >= 0.3 is 0 Å². The second kappa shape index (κ2) is 4.44. The second-order valence-corrected chi connectivity index (χ2v) is 4.44. The molecule has 1 saturated heterocycles. The second-order valence-electron chi connectivity index (χ2n) is 4.03. The lowest BCUT2D eigenvalue weighted by molar-refractivity contribution is -0.128. The Balaban J connectivity index is 2.36. The molecule has 0 aliphatic carbocycles. The van der Waals surface area contributed by atoms with Crippen LogP contribution in [0.15, 0.2) is 18.2 Å². The quantitative estimate of drug-likeness (QED) is 0.816. The molecule has 0 saturated carbocycles. The van der Waals surface area contributed by atoms with Gasteiger partial charge in [0.05, 0.1) is 0 Å². The Bertz CT molecular complexity index is 419. The van der Waals surface area contributed by atoms with Gasteiger partial charge in [0.15, 0.2) is 0 Å². The first-order valence-electron chi connectivity index (χ1n) is 5.36. The maximum atomic E-state index is 11.8. The van der Waals surface area contributed by atoms with Gasteiger partial charge in [-0.25, -0.2) is 0 Å². The summed E-state index contributed by atoms with van der Waals surface area (Å²) in [6.45, 7) is 2.53. The highest BCUT2D eigenvalue weighted by molar-refractivity contribution is 6.31. The average Bonchev–Trinajstić information content (AvgIpc) is 2.27. The number of carbonyl (C=O) groups excluding carboxylic acids is 1. The number of hydrogen-bond acceptors (Lipinski definition) is 2. The Hall–Kier alpha value is -1.06. The first kappa shape index (κ1) is 11.4. The lowest BCUT2D eigenvalue weighted by Gasteiger charge is -2.31. The molecule has 1 unspecified atom stereocenters. The first-order valence-corrected chi connectivity index (χ1v) is 5.73. The number of aliphatic hydroxyl groups is 1. The van der Waals surface area contributed by atoms with Gasteiger partial charge in [0.1, 0.15) is 6.10 Å². The molecular weight excluding hydrogens is 226 g/mol. The molecule has 2 rings (SSSR count). The highest BCUT2D eigenvalue weighted by atomic mass is 35.5. The van der Waals surface area contributed by atoms with Crippen LogP contribution in [0, 0.1) is 6.92 Å². The van der Waals surface area contributed by atoms with E-state index in [4.69, 9.17) is 11.6 Å². The Kier molecular flexibility index (Phi) is 3.17. The number of benzene rings is 1. The van der Waals surface area contributed by atoms with E-state index in [9.17, 15) is 9.90 Å². The van der Waals surface area contributed by atoms with Gasteiger partial charge in [0.25, 0.3) is 5.91 Å². The van der Waals surface area contributed by atoms with E-state index >= 15 is 0 Å². The summed E-state index contributed by atoms with van der Waals surface area (Å²) in [5, 5.41) is 10.2. The number of anilines is 1. The minimum absolute atomic E-state index is 0.225. The number of piperidine rings is 1. The minimum Gasteiger partial charge on any atom is -0.383 e. The van der Waals surface area contributed by atoms with Crippen molar-refractivity contribution in [1.29, 1.82) is 0 Å². The number of halogens is 1. The molecule has 1 N–H and O–H groups in total. The molecule has 0 radical (unpaired) electrons. The van der Waals surface area contributed by atoms with Crippen LogP contribution in [0.25, 0.3) is 0 Å². The van der Waals surface area contributed by atoms with Crippen molar-refractivity contribution in [1.82, 2.24) is 0 Å². The summed E-state index contributed by atoms with van der Waals surface area (Å²) < 4.78 is 0. The maximum absolute atomic E-state index is 11.8. The van der Waals surface area contributed by atoms with Crippen LogP contribution in [0.5, 0.6) is 0 Å². The van der Waals surface area contributed by atoms with Crippen molar-refractivity contribution in [3.05, 3.63) is 28.8 Å². The van der Waals surface area contributed by atoms with Crippen molar-refractivity contribution in [2.45, 2.75) is 25.9 Å². The van der Waals surface area contributed by atoms with Gasteiger partial charge in [-0.3, -0.25) is 4.79 Å². The lowest BCUT2D eigenvalue weighted by Crippen LogP contribution is -2.44. The number of nitrogens with zero attached hydrogens (tertiary/aromatic N) is 1. The molecule has 3 nitrogen and oxygen atoms in total. The minimum atomic E-state index is -0.868. The summed E-state index contributed by atoms with van der Waals surface area (Å²) in [5.74, 6) is -0.225. The monoisotopic (exact) mass is 239 g/mol. The third-order valence-electron chi connectivity index (χ3n) is 2.94. The molecule has 86 valence electrons. The third-order valence-corrected chi connectivity index (χ3v) is 3.35. The summed E-state index contributed by atoms with van der Waals surface area (Å²) >= 11 is 6.02. The van der Waals surface area contributed by atoms with E-state index < -0.39 is 6.10 Å². The zero-order chi connectivity index (χ0) is 11.7. The molecule has 1 fully saturated rings. The van der Waals surface area contributed by atoms with E-state index in [-0.39, 0.29) is 5.91 Å². The molecule has 1 aromatic carbocycles. The van der Waals surface area contributed by atoms with E-state index in [1.165, 1.54) is 0 Å².